The van der Waals surface area contributed by atoms with Gasteiger partial charge >= 0.3 is 0 Å². The number of aldehydes is 1. The summed E-state index contributed by atoms with van der Waals surface area (Å²) in [6.07, 6.45) is 0.996. The molecule has 0 N–H and O–H groups in total. The molecule has 0 radical (unpaired) electrons. The molecular weight excluding hydrogens is 200 g/mol. The van der Waals surface area contributed by atoms with Crippen LogP contribution >= 0.6 is 11.6 Å². The Balaban J connectivity index is 2.58. The molecule has 0 spiro atoms. The fraction of sp³-hybridized carbons (Fsp3) is 0.364. The maximum atomic E-state index is 10.5. The molecule has 0 bridgehead atoms. The van der Waals surface area contributed by atoms with Gasteiger partial charge in [0.15, 0.2) is 5.56 Å². The van der Waals surface area contributed by atoms with Crippen molar-refractivity contribution >= 4 is 17.9 Å². The minimum absolute atomic E-state index is 0.419. The zero-order chi connectivity index (χ0) is 10.4. The maximum absolute atomic E-state index is 10.5. The quantitative estimate of drug-likeness (QED) is 0.554. The minimum Gasteiger partial charge on any atom is -0.348 e. The first kappa shape index (κ1) is 11.2. The molecular formula is C11H13ClO2. The van der Waals surface area contributed by atoms with Gasteiger partial charge in [-0.3, -0.25) is 0 Å². The van der Waals surface area contributed by atoms with Gasteiger partial charge in [0.25, 0.3) is 0 Å². The van der Waals surface area contributed by atoms with Gasteiger partial charge in [0, 0.05) is 0 Å². The number of rotatable bonds is 5. The highest BCUT2D eigenvalue weighted by Crippen LogP contribution is 2.23. The number of carbonyl (C=O) groups is 1. The van der Waals surface area contributed by atoms with Gasteiger partial charge in [-0.25, -0.2) is 0 Å². The number of halogens is 1. The number of hydrogen-bond donors (Lipinski definition) is 0. The van der Waals surface area contributed by atoms with Crippen molar-refractivity contribution < 1.29 is 9.53 Å². The Morgan fingerprint density at radius 1 is 1.43 bits per heavy atom. The van der Waals surface area contributed by atoms with Crippen molar-refractivity contribution in [2.45, 2.75) is 25.0 Å². The van der Waals surface area contributed by atoms with Crippen LogP contribution in [0.25, 0.3) is 0 Å². The van der Waals surface area contributed by atoms with Gasteiger partial charge in [-0.2, -0.15) is 0 Å². The van der Waals surface area contributed by atoms with Gasteiger partial charge in [-0.1, -0.05) is 48.9 Å². The Morgan fingerprint density at radius 3 is 2.57 bits per heavy atom. The van der Waals surface area contributed by atoms with Crippen LogP contribution in [0.15, 0.2) is 30.3 Å². The molecule has 2 unspecified atom stereocenters. The summed E-state index contributed by atoms with van der Waals surface area (Å²) in [6, 6.07) is 9.42. The molecule has 0 fully saturated rings. The fourth-order valence-corrected chi connectivity index (χ4v) is 1.34. The van der Waals surface area contributed by atoms with Crippen LogP contribution in [-0.4, -0.2) is 12.4 Å². The zero-order valence-electron chi connectivity index (χ0n) is 8.02. The third-order valence-electron chi connectivity index (χ3n) is 1.91. The Morgan fingerprint density at radius 2 is 2.07 bits per heavy atom. The molecule has 2 atom stereocenters. The lowest BCUT2D eigenvalue weighted by Crippen LogP contribution is -2.14. The molecule has 0 saturated carbocycles. The summed E-state index contributed by atoms with van der Waals surface area (Å²) in [5.74, 6) is 0. The summed E-state index contributed by atoms with van der Waals surface area (Å²) < 4.78 is 5.33. The second-order valence-corrected chi connectivity index (χ2v) is 3.34. The molecule has 2 nitrogen and oxygen atoms in total. The monoisotopic (exact) mass is 212 g/mol. The van der Waals surface area contributed by atoms with E-state index in [0.29, 0.717) is 6.42 Å². The standard InChI is InChI=1S/C11H13ClO2/c1-2-10(8-13)14-11(12)9-6-4-3-5-7-9/h3-8,10-11H,2H2,1H3. The molecule has 0 aliphatic heterocycles. The highest BCUT2D eigenvalue weighted by atomic mass is 35.5. The van der Waals surface area contributed by atoms with E-state index in [1.807, 2.05) is 37.3 Å². The molecule has 1 aromatic rings. The zero-order valence-corrected chi connectivity index (χ0v) is 8.78. The van der Waals surface area contributed by atoms with Gasteiger partial charge in [-0.05, 0) is 12.0 Å². The normalized spacial score (nSPS) is 14.7. The van der Waals surface area contributed by atoms with Crippen LogP contribution in [0.5, 0.6) is 0 Å². The van der Waals surface area contributed by atoms with Gasteiger partial charge in [0.05, 0.1) is 0 Å². The Labute approximate surface area is 88.8 Å². The van der Waals surface area contributed by atoms with Crippen LogP contribution in [-0.2, 0) is 9.53 Å². The second-order valence-electron chi connectivity index (χ2n) is 2.95. The molecule has 3 heteroatoms. The summed E-state index contributed by atoms with van der Waals surface area (Å²) in [5, 5.41) is 0. The van der Waals surface area contributed by atoms with Gasteiger partial charge in [0.1, 0.15) is 12.4 Å². The number of alkyl halides is 1. The van der Waals surface area contributed by atoms with E-state index in [1.54, 1.807) is 0 Å². The Bertz CT molecular complexity index is 274. The van der Waals surface area contributed by atoms with Gasteiger partial charge in [-0.15, -0.1) is 0 Å². The van der Waals surface area contributed by atoms with E-state index in [-0.39, 0.29) is 0 Å². The average Bonchev–Trinajstić information content (AvgIpc) is 2.26. The van der Waals surface area contributed by atoms with Gasteiger partial charge < -0.3 is 9.53 Å². The molecule has 0 aliphatic carbocycles. The predicted molar refractivity (Wildman–Crippen MR) is 56.3 cm³/mol. The van der Waals surface area contributed by atoms with Crippen LogP contribution in [0.3, 0.4) is 0 Å². The first-order valence-corrected chi connectivity index (χ1v) is 5.01. The van der Waals surface area contributed by atoms with E-state index >= 15 is 0 Å². The molecule has 0 amide bonds. The maximum Gasteiger partial charge on any atom is 0.157 e. The average molecular weight is 213 g/mol. The van der Waals surface area contributed by atoms with E-state index in [9.17, 15) is 4.79 Å². The minimum atomic E-state index is -0.550. The number of ether oxygens (including phenoxy) is 1. The molecule has 1 aromatic carbocycles. The van der Waals surface area contributed by atoms with E-state index in [1.165, 1.54) is 0 Å². The first-order valence-electron chi connectivity index (χ1n) is 4.57. The predicted octanol–water partition coefficient (Wildman–Crippen LogP) is 2.92. The van der Waals surface area contributed by atoms with Crippen molar-refractivity contribution in [1.82, 2.24) is 0 Å². The molecule has 0 saturated heterocycles. The SMILES string of the molecule is CCC(C=O)OC(Cl)c1ccccc1. The highest BCUT2D eigenvalue weighted by molar-refractivity contribution is 6.19. The highest BCUT2D eigenvalue weighted by Gasteiger charge is 2.13. The summed E-state index contributed by atoms with van der Waals surface area (Å²) >= 11 is 5.98. The molecule has 1 rings (SSSR count). The van der Waals surface area contributed by atoms with Crippen molar-refractivity contribution in [2.75, 3.05) is 0 Å². The van der Waals surface area contributed by atoms with E-state index in [0.717, 1.165) is 11.8 Å². The van der Waals surface area contributed by atoms with Crippen LogP contribution in [0, 0.1) is 0 Å². The molecule has 76 valence electrons. The summed E-state index contributed by atoms with van der Waals surface area (Å²) in [7, 11) is 0. The second kappa shape index (κ2) is 5.78. The largest absolute Gasteiger partial charge is 0.348 e. The Kier molecular flexibility index (Phi) is 4.63. The lowest BCUT2D eigenvalue weighted by Gasteiger charge is -2.15. The summed E-state index contributed by atoms with van der Waals surface area (Å²) in [6.45, 7) is 1.88. The van der Waals surface area contributed by atoms with Crippen LogP contribution in [0.4, 0.5) is 0 Å². The molecule has 0 heterocycles. The lowest BCUT2D eigenvalue weighted by molar-refractivity contribution is -0.119. The number of benzene rings is 1. The third kappa shape index (κ3) is 3.13. The van der Waals surface area contributed by atoms with Crippen LogP contribution in [0.1, 0.15) is 24.5 Å². The van der Waals surface area contributed by atoms with Crippen molar-refractivity contribution in [2.24, 2.45) is 0 Å². The van der Waals surface area contributed by atoms with Crippen molar-refractivity contribution in [1.29, 1.82) is 0 Å². The molecule has 0 aromatic heterocycles. The number of carbonyl (C=O) groups excluding carboxylic acids is 1. The molecule has 0 aliphatic rings. The van der Waals surface area contributed by atoms with Crippen molar-refractivity contribution in [3.63, 3.8) is 0 Å². The Hall–Kier alpha value is -0.860. The van der Waals surface area contributed by atoms with E-state index < -0.39 is 11.7 Å². The van der Waals surface area contributed by atoms with E-state index in [4.69, 9.17) is 16.3 Å². The first-order chi connectivity index (χ1) is 6.77. The summed E-state index contributed by atoms with van der Waals surface area (Å²) in [4.78, 5) is 10.5. The lowest BCUT2D eigenvalue weighted by atomic mass is 10.2. The fourth-order valence-electron chi connectivity index (χ4n) is 1.06. The van der Waals surface area contributed by atoms with Gasteiger partial charge in [0.2, 0.25) is 0 Å². The van der Waals surface area contributed by atoms with Crippen LogP contribution < -0.4 is 0 Å². The topological polar surface area (TPSA) is 26.3 Å². The summed E-state index contributed by atoms with van der Waals surface area (Å²) in [5.41, 5.74) is 0.320. The smallest absolute Gasteiger partial charge is 0.157 e. The van der Waals surface area contributed by atoms with Crippen molar-refractivity contribution in [3.05, 3.63) is 35.9 Å². The van der Waals surface area contributed by atoms with E-state index in [2.05, 4.69) is 0 Å². The number of hydrogen-bond acceptors (Lipinski definition) is 2. The third-order valence-corrected chi connectivity index (χ3v) is 2.26. The molecule has 14 heavy (non-hydrogen) atoms. The van der Waals surface area contributed by atoms with Crippen molar-refractivity contribution in [3.8, 4) is 0 Å². The van der Waals surface area contributed by atoms with Crippen LogP contribution in [0.2, 0.25) is 0 Å².